The van der Waals surface area contributed by atoms with Crippen LogP contribution in [0, 0.1) is 0 Å². The van der Waals surface area contributed by atoms with Crippen molar-refractivity contribution in [2.24, 2.45) is 0 Å². The summed E-state index contributed by atoms with van der Waals surface area (Å²) in [6.45, 7) is 7.06. The third-order valence-electron chi connectivity index (χ3n) is 4.13. The topological polar surface area (TPSA) is 79.7 Å². The summed E-state index contributed by atoms with van der Waals surface area (Å²) >= 11 is 0. The lowest BCUT2D eigenvalue weighted by atomic mass is 9.82. The minimum absolute atomic E-state index is 0.0549. The molecule has 0 aromatic carbocycles. The Labute approximate surface area is 140 Å². The van der Waals surface area contributed by atoms with Gasteiger partial charge in [-0.1, -0.05) is 18.7 Å². The normalized spacial score (nSPS) is 17.8. The molecule has 0 fully saturated rings. The maximum atomic E-state index is 12.6. The van der Waals surface area contributed by atoms with Crippen LogP contribution in [0.4, 0.5) is 0 Å². The summed E-state index contributed by atoms with van der Waals surface area (Å²) in [4.78, 5) is 30.4. The second kappa shape index (κ2) is 7.12. The quantitative estimate of drug-likeness (QED) is 0.661. The molecule has 2 rings (SSSR count). The number of nitrogens with zero attached hydrogens (tertiary/aromatic N) is 2. The lowest BCUT2D eigenvalue weighted by Crippen LogP contribution is -2.33. The maximum absolute atomic E-state index is 12.6. The molecule has 0 saturated carbocycles. The zero-order valence-corrected chi connectivity index (χ0v) is 13.9. The molecule has 0 amide bonds. The summed E-state index contributed by atoms with van der Waals surface area (Å²) in [7, 11) is 1.73. The van der Waals surface area contributed by atoms with Gasteiger partial charge in [-0.25, -0.2) is 9.59 Å². The van der Waals surface area contributed by atoms with Gasteiger partial charge in [0.05, 0.1) is 22.8 Å². The van der Waals surface area contributed by atoms with Crippen LogP contribution in [0.25, 0.3) is 0 Å². The van der Waals surface area contributed by atoms with Crippen molar-refractivity contribution >= 4 is 11.9 Å². The first-order valence-electron chi connectivity index (χ1n) is 7.47. The number of carboxylic acids is 1. The average molecular weight is 328 g/mol. The van der Waals surface area contributed by atoms with Gasteiger partial charge in [0.1, 0.15) is 6.61 Å². The number of esters is 1. The van der Waals surface area contributed by atoms with Crippen LogP contribution in [0.3, 0.4) is 0 Å². The second-order valence-corrected chi connectivity index (χ2v) is 5.44. The molecule has 24 heavy (non-hydrogen) atoms. The molecule has 0 aliphatic carbocycles. The van der Waals surface area contributed by atoms with E-state index in [-0.39, 0.29) is 17.8 Å². The molecule has 6 nitrogen and oxygen atoms in total. The molecule has 2 heterocycles. The molecule has 1 N–H and O–H groups in total. The number of pyridine rings is 1. The highest BCUT2D eigenvalue weighted by atomic mass is 16.5. The molecular formula is C18H20N2O4. The van der Waals surface area contributed by atoms with Crippen molar-refractivity contribution in [2.75, 3.05) is 13.7 Å². The Hall–Kier alpha value is -2.89. The van der Waals surface area contributed by atoms with E-state index in [1.807, 2.05) is 0 Å². The number of carbonyl (C=O) groups is 2. The first-order valence-corrected chi connectivity index (χ1v) is 7.47. The van der Waals surface area contributed by atoms with Gasteiger partial charge in [-0.2, -0.15) is 0 Å². The van der Waals surface area contributed by atoms with Gasteiger partial charge >= 0.3 is 11.9 Å². The number of rotatable bonds is 5. The lowest BCUT2D eigenvalue weighted by molar-refractivity contribution is -0.138. The first-order chi connectivity index (χ1) is 11.4. The van der Waals surface area contributed by atoms with Crippen LogP contribution in [0.1, 0.15) is 25.5 Å². The highest BCUT2D eigenvalue weighted by Crippen LogP contribution is 2.40. The first kappa shape index (κ1) is 17.5. The van der Waals surface area contributed by atoms with E-state index in [1.165, 1.54) is 6.08 Å². The Morgan fingerprint density at radius 3 is 2.54 bits per heavy atom. The molecule has 0 saturated heterocycles. The average Bonchev–Trinajstić information content (AvgIpc) is 2.57. The molecule has 1 atom stereocenters. The van der Waals surface area contributed by atoms with Crippen LogP contribution in [0.15, 0.2) is 59.6 Å². The zero-order chi connectivity index (χ0) is 17.9. The van der Waals surface area contributed by atoms with E-state index in [0.717, 1.165) is 0 Å². The van der Waals surface area contributed by atoms with Gasteiger partial charge in [0.15, 0.2) is 0 Å². The predicted molar refractivity (Wildman–Crippen MR) is 88.9 cm³/mol. The SMILES string of the molecule is C=CCOC(=O)C1=C(C)N(C)C(C)=C(C(=O)O)C1c1ccccn1. The number of allylic oxidation sites excluding steroid dienone is 2. The van der Waals surface area contributed by atoms with Crippen LogP contribution in [-0.2, 0) is 14.3 Å². The number of aromatic nitrogens is 1. The van der Waals surface area contributed by atoms with Crippen molar-refractivity contribution in [1.29, 1.82) is 0 Å². The van der Waals surface area contributed by atoms with E-state index in [4.69, 9.17) is 4.74 Å². The standard InChI is InChI=1S/C18H20N2O4/c1-5-10-24-18(23)15-12(3)20(4)11(2)14(17(21)22)16(15)13-8-6-7-9-19-13/h5-9,16H,1,10H2,2-4H3,(H,21,22). The zero-order valence-electron chi connectivity index (χ0n) is 13.9. The van der Waals surface area contributed by atoms with E-state index < -0.39 is 17.9 Å². The molecule has 1 aliphatic heterocycles. The van der Waals surface area contributed by atoms with Gasteiger partial charge in [-0.3, -0.25) is 4.98 Å². The van der Waals surface area contributed by atoms with Crippen molar-refractivity contribution < 1.29 is 19.4 Å². The Balaban J connectivity index is 2.65. The molecule has 126 valence electrons. The van der Waals surface area contributed by atoms with E-state index in [0.29, 0.717) is 17.1 Å². The highest BCUT2D eigenvalue weighted by molar-refractivity contribution is 5.99. The Bertz CT molecular complexity index is 735. The summed E-state index contributed by atoms with van der Waals surface area (Å²) in [5.74, 6) is -2.44. The van der Waals surface area contributed by atoms with Crippen molar-refractivity contribution in [3.05, 3.63) is 65.3 Å². The molecular weight excluding hydrogens is 308 g/mol. The van der Waals surface area contributed by atoms with Crippen molar-refractivity contribution in [3.8, 4) is 0 Å². The number of carbonyl (C=O) groups excluding carboxylic acids is 1. The molecule has 1 aromatic rings. The Kier molecular flexibility index (Phi) is 5.18. The third-order valence-corrected chi connectivity index (χ3v) is 4.13. The summed E-state index contributed by atoms with van der Waals surface area (Å²) in [5.41, 5.74) is 2.10. The molecule has 0 radical (unpaired) electrons. The van der Waals surface area contributed by atoms with Crippen LogP contribution in [-0.4, -0.2) is 40.6 Å². The second-order valence-electron chi connectivity index (χ2n) is 5.44. The smallest absolute Gasteiger partial charge is 0.337 e. The van der Waals surface area contributed by atoms with Crippen LogP contribution in [0.2, 0.25) is 0 Å². The third kappa shape index (κ3) is 3.08. The van der Waals surface area contributed by atoms with E-state index in [2.05, 4.69) is 11.6 Å². The van der Waals surface area contributed by atoms with Gasteiger partial charge in [0, 0.05) is 24.6 Å². The molecule has 1 aromatic heterocycles. The summed E-state index contributed by atoms with van der Waals surface area (Å²) in [5, 5.41) is 9.72. The van der Waals surface area contributed by atoms with Crippen LogP contribution < -0.4 is 0 Å². The minimum Gasteiger partial charge on any atom is -0.478 e. The summed E-state index contributed by atoms with van der Waals surface area (Å²) < 4.78 is 5.18. The predicted octanol–water partition coefficient (Wildman–Crippen LogP) is 2.47. The fourth-order valence-electron chi connectivity index (χ4n) is 2.77. The number of hydrogen-bond acceptors (Lipinski definition) is 5. The number of carboxylic acid groups (broad SMARTS) is 1. The summed E-state index contributed by atoms with van der Waals surface area (Å²) in [6.07, 6.45) is 3.04. The van der Waals surface area contributed by atoms with Gasteiger partial charge in [-0.15, -0.1) is 0 Å². The monoisotopic (exact) mass is 328 g/mol. The van der Waals surface area contributed by atoms with Crippen molar-refractivity contribution in [2.45, 2.75) is 19.8 Å². The molecule has 0 spiro atoms. The number of ether oxygens (including phenoxy) is 1. The van der Waals surface area contributed by atoms with Crippen molar-refractivity contribution in [1.82, 2.24) is 9.88 Å². The fraction of sp³-hybridized carbons (Fsp3) is 0.278. The Morgan fingerprint density at radius 2 is 2.00 bits per heavy atom. The lowest BCUT2D eigenvalue weighted by Gasteiger charge is -2.34. The number of hydrogen-bond donors (Lipinski definition) is 1. The van der Waals surface area contributed by atoms with Crippen LogP contribution >= 0.6 is 0 Å². The molecule has 0 bridgehead atoms. The maximum Gasteiger partial charge on any atom is 0.337 e. The van der Waals surface area contributed by atoms with Gasteiger partial charge in [0.25, 0.3) is 0 Å². The van der Waals surface area contributed by atoms with Gasteiger partial charge < -0.3 is 14.7 Å². The van der Waals surface area contributed by atoms with E-state index >= 15 is 0 Å². The Morgan fingerprint density at radius 1 is 1.33 bits per heavy atom. The number of aliphatic carboxylic acids is 1. The van der Waals surface area contributed by atoms with E-state index in [1.54, 1.807) is 50.2 Å². The van der Waals surface area contributed by atoms with E-state index in [9.17, 15) is 14.7 Å². The van der Waals surface area contributed by atoms with Crippen molar-refractivity contribution in [3.63, 3.8) is 0 Å². The van der Waals surface area contributed by atoms with Crippen LogP contribution in [0.5, 0.6) is 0 Å². The largest absolute Gasteiger partial charge is 0.478 e. The fourth-order valence-corrected chi connectivity index (χ4v) is 2.77. The minimum atomic E-state index is -1.09. The molecule has 1 aliphatic rings. The van der Waals surface area contributed by atoms with Gasteiger partial charge in [0.2, 0.25) is 0 Å². The molecule has 6 heteroatoms. The summed E-state index contributed by atoms with van der Waals surface area (Å²) in [6, 6.07) is 5.21. The van der Waals surface area contributed by atoms with Gasteiger partial charge in [-0.05, 0) is 26.0 Å². The molecule has 1 unspecified atom stereocenters. The highest BCUT2D eigenvalue weighted by Gasteiger charge is 2.39.